The minimum atomic E-state index is -0.507. The van der Waals surface area contributed by atoms with Gasteiger partial charge in [-0.2, -0.15) is 10.2 Å². The van der Waals surface area contributed by atoms with Gasteiger partial charge in [0, 0.05) is 5.02 Å². The Balaban J connectivity index is 1.50. The highest BCUT2D eigenvalue weighted by atomic mass is 35.5. The molecule has 0 fully saturated rings. The van der Waals surface area contributed by atoms with E-state index in [2.05, 4.69) is 15.6 Å². The summed E-state index contributed by atoms with van der Waals surface area (Å²) in [5.41, 5.74) is 4.65. The Bertz CT molecular complexity index is 1110. The Morgan fingerprint density at radius 2 is 1.90 bits per heavy atom. The second kappa shape index (κ2) is 9.86. The maximum Gasteiger partial charge on any atom is 0.312 e. The fraction of sp³-hybridized carbons (Fsp3) is 0.190. The summed E-state index contributed by atoms with van der Waals surface area (Å²) < 4.78 is 7.00. The SMILES string of the molecule is Cc1nn(CC(=O)N/N=C\c2ccc(OCc3ccc(Cl)cc3)cc2)c(C)c1[N+](=O)[O-]. The second-order valence-corrected chi connectivity index (χ2v) is 7.15. The number of hydrogen-bond acceptors (Lipinski definition) is 6. The molecule has 1 amide bonds. The summed E-state index contributed by atoms with van der Waals surface area (Å²) in [7, 11) is 0. The quantitative estimate of drug-likeness (QED) is 0.324. The third kappa shape index (κ3) is 5.89. The van der Waals surface area contributed by atoms with E-state index in [9.17, 15) is 14.9 Å². The Hall–Kier alpha value is -3.72. The number of aryl methyl sites for hydroxylation is 1. The fourth-order valence-electron chi connectivity index (χ4n) is 2.85. The van der Waals surface area contributed by atoms with E-state index in [-0.39, 0.29) is 17.9 Å². The van der Waals surface area contributed by atoms with Crippen LogP contribution in [0, 0.1) is 24.0 Å². The van der Waals surface area contributed by atoms with Crippen molar-refractivity contribution in [3.05, 3.63) is 86.2 Å². The predicted molar refractivity (Wildman–Crippen MR) is 116 cm³/mol. The number of halogens is 1. The van der Waals surface area contributed by atoms with Crippen molar-refractivity contribution >= 4 is 29.4 Å². The summed E-state index contributed by atoms with van der Waals surface area (Å²) in [6, 6.07) is 14.6. The predicted octanol–water partition coefficient (Wildman–Crippen LogP) is 3.79. The number of hydrogen-bond donors (Lipinski definition) is 1. The highest BCUT2D eigenvalue weighted by Crippen LogP contribution is 2.21. The number of nitro groups is 1. The van der Waals surface area contributed by atoms with Gasteiger partial charge in [-0.3, -0.25) is 19.6 Å². The normalized spacial score (nSPS) is 10.9. The molecule has 0 aliphatic carbocycles. The number of hydrazone groups is 1. The highest BCUT2D eigenvalue weighted by Gasteiger charge is 2.22. The zero-order chi connectivity index (χ0) is 22.4. The average molecular weight is 442 g/mol. The van der Waals surface area contributed by atoms with E-state index in [0.29, 0.717) is 23.1 Å². The van der Waals surface area contributed by atoms with Gasteiger partial charge in [-0.15, -0.1) is 0 Å². The van der Waals surface area contributed by atoms with Gasteiger partial charge < -0.3 is 4.74 Å². The molecule has 3 rings (SSSR count). The maximum atomic E-state index is 12.1. The Morgan fingerprint density at radius 3 is 2.52 bits per heavy atom. The van der Waals surface area contributed by atoms with Crippen molar-refractivity contribution in [3.63, 3.8) is 0 Å². The van der Waals surface area contributed by atoms with Crippen molar-refractivity contribution in [2.24, 2.45) is 5.10 Å². The monoisotopic (exact) mass is 441 g/mol. The van der Waals surface area contributed by atoms with Crippen LogP contribution in [0.15, 0.2) is 53.6 Å². The number of amides is 1. The largest absolute Gasteiger partial charge is 0.489 e. The third-order valence-corrected chi connectivity index (χ3v) is 4.67. The van der Waals surface area contributed by atoms with Crippen LogP contribution in [0.25, 0.3) is 0 Å². The van der Waals surface area contributed by atoms with Crippen LogP contribution >= 0.6 is 11.6 Å². The van der Waals surface area contributed by atoms with Crippen LogP contribution in [0.5, 0.6) is 5.75 Å². The van der Waals surface area contributed by atoms with Crippen LogP contribution in [0.3, 0.4) is 0 Å². The molecular formula is C21H20ClN5O4. The van der Waals surface area contributed by atoms with Crippen molar-refractivity contribution in [2.45, 2.75) is 27.0 Å². The van der Waals surface area contributed by atoms with E-state index in [4.69, 9.17) is 16.3 Å². The number of rotatable bonds is 8. The van der Waals surface area contributed by atoms with Crippen molar-refractivity contribution < 1.29 is 14.5 Å². The number of nitrogens with zero attached hydrogens (tertiary/aromatic N) is 4. The van der Waals surface area contributed by atoms with Gasteiger partial charge >= 0.3 is 5.69 Å². The molecule has 0 saturated heterocycles. The van der Waals surface area contributed by atoms with Gasteiger partial charge in [-0.1, -0.05) is 23.7 Å². The molecule has 10 heteroatoms. The molecular weight excluding hydrogens is 422 g/mol. The molecule has 0 atom stereocenters. The molecule has 0 bridgehead atoms. The lowest BCUT2D eigenvalue weighted by Gasteiger charge is -2.06. The van der Waals surface area contributed by atoms with Crippen LogP contribution in [-0.4, -0.2) is 26.8 Å². The van der Waals surface area contributed by atoms with E-state index in [1.807, 2.05) is 24.3 Å². The number of ether oxygens (including phenoxy) is 1. The van der Waals surface area contributed by atoms with E-state index in [0.717, 1.165) is 11.1 Å². The first-order valence-electron chi connectivity index (χ1n) is 9.31. The standard InChI is InChI=1S/C21H20ClN5O4/c1-14-21(27(29)30)15(2)26(25-14)12-20(28)24-23-11-16-5-9-19(10-6-16)31-13-17-3-7-18(22)8-4-17/h3-11H,12-13H2,1-2H3,(H,24,28)/b23-11-. The number of carbonyl (C=O) groups excluding carboxylic acids is 1. The molecule has 31 heavy (non-hydrogen) atoms. The van der Waals surface area contributed by atoms with Crippen LogP contribution in [0.4, 0.5) is 5.69 Å². The Kier molecular flexibility index (Phi) is 6.99. The first-order chi connectivity index (χ1) is 14.8. The number of benzene rings is 2. The summed E-state index contributed by atoms with van der Waals surface area (Å²) in [4.78, 5) is 22.6. The lowest BCUT2D eigenvalue weighted by molar-refractivity contribution is -0.386. The van der Waals surface area contributed by atoms with Gasteiger partial charge in [-0.25, -0.2) is 5.43 Å². The van der Waals surface area contributed by atoms with Crippen LogP contribution in [-0.2, 0) is 17.9 Å². The zero-order valence-electron chi connectivity index (χ0n) is 16.9. The molecule has 0 saturated carbocycles. The molecule has 0 spiro atoms. The van der Waals surface area contributed by atoms with Crippen LogP contribution in [0.1, 0.15) is 22.5 Å². The van der Waals surface area contributed by atoms with Crippen LogP contribution in [0.2, 0.25) is 5.02 Å². The summed E-state index contributed by atoms with van der Waals surface area (Å²) in [6.07, 6.45) is 1.49. The summed E-state index contributed by atoms with van der Waals surface area (Å²) in [6.45, 7) is 3.33. The smallest absolute Gasteiger partial charge is 0.312 e. The molecule has 0 radical (unpaired) electrons. The van der Waals surface area contributed by atoms with E-state index < -0.39 is 10.8 Å². The number of nitrogens with one attached hydrogen (secondary N) is 1. The van der Waals surface area contributed by atoms with E-state index in [1.54, 1.807) is 31.2 Å². The average Bonchev–Trinajstić information content (AvgIpc) is 3.01. The summed E-state index contributed by atoms with van der Waals surface area (Å²) in [5, 5.41) is 19.7. The van der Waals surface area contributed by atoms with E-state index >= 15 is 0 Å². The Morgan fingerprint density at radius 1 is 1.23 bits per heavy atom. The maximum absolute atomic E-state index is 12.1. The molecule has 9 nitrogen and oxygen atoms in total. The number of aromatic nitrogens is 2. The molecule has 160 valence electrons. The molecule has 0 unspecified atom stereocenters. The first kappa shape index (κ1) is 22.0. The number of carbonyl (C=O) groups is 1. The highest BCUT2D eigenvalue weighted by molar-refractivity contribution is 6.30. The lowest BCUT2D eigenvalue weighted by atomic mass is 10.2. The van der Waals surface area contributed by atoms with Crippen molar-refractivity contribution in [2.75, 3.05) is 0 Å². The topological polar surface area (TPSA) is 112 Å². The van der Waals surface area contributed by atoms with Crippen molar-refractivity contribution in [1.82, 2.24) is 15.2 Å². The fourth-order valence-corrected chi connectivity index (χ4v) is 2.98. The molecule has 1 N–H and O–H groups in total. The Labute approximate surface area is 183 Å². The van der Waals surface area contributed by atoms with Gasteiger partial charge in [0.25, 0.3) is 5.91 Å². The molecule has 3 aromatic rings. The lowest BCUT2D eigenvalue weighted by Crippen LogP contribution is -2.24. The van der Waals surface area contributed by atoms with Gasteiger partial charge in [0.2, 0.25) is 0 Å². The molecule has 1 aromatic heterocycles. The first-order valence-corrected chi connectivity index (χ1v) is 9.69. The van der Waals surface area contributed by atoms with Gasteiger partial charge in [0.05, 0.1) is 11.1 Å². The van der Waals surface area contributed by atoms with Gasteiger partial charge in [-0.05, 0) is 61.4 Å². The van der Waals surface area contributed by atoms with Crippen molar-refractivity contribution in [3.8, 4) is 5.75 Å². The van der Waals surface area contributed by atoms with Gasteiger partial charge in [0.15, 0.2) is 0 Å². The molecule has 1 heterocycles. The minimum Gasteiger partial charge on any atom is -0.489 e. The summed E-state index contributed by atoms with van der Waals surface area (Å²) >= 11 is 5.87. The third-order valence-electron chi connectivity index (χ3n) is 4.42. The summed E-state index contributed by atoms with van der Waals surface area (Å²) in [5.74, 6) is 0.252. The van der Waals surface area contributed by atoms with Crippen LogP contribution < -0.4 is 10.2 Å². The molecule has 0 aliphatic heterocycles. The molecule has 2 aromatic carbocycles. The van der Waals surface area contributed by atoms with Gasteiger partial charge in [0.1, 0.15) is 30.3 Å². The van der Waals surface area contributed by atoms with Crippen molar-refractivity contribution in [1.29, 1.82) is 0 Å². The minimum absolute atomic E-state index is 0.0883. The second-order valence-electron chi connectivity index (χ2n) is 6.71. The molecule has 0 aliphatic rings. The zero-order valence-corrected chi connectivity index (χ0v) is 17.7. The van der Waals surface area contributed by atoms with E-state index in [1.165, 1.54) is 17.8 Å².